The third-order valence-electron chi connectivity index (χ3n) is 4.72. The minimum absolute atomic E-state index is 0.0225. The van der Waals surface area contributed by atoms with Gasteiger partial charge in [0.1, 0.15) is 0 Å². The summed E-state index contributed by atoms with van der Waals surface area (Å²) in [5.41, 5.74) is -2.93. The van der Waals surface area contributed by atoms with Gasteiger partial charge >= 0.3 is 11.7 Å². The monoisotopic (exact) mass is 500 g/mol. The normalized spacial score (nSPS) is 12.9. The predicted octanol–water partition coefficient (Wildman–Crippen LogP) is 8.20. The highest BCUT2D eigenvalue weighted by atomic mass is 32.9. The number of carboxylic acid groups (broad SMARTS) is 1. The van der Waals surface area contributed by atoms with E-state index in [4.69, 9.17) is 36.0 Å². The summed E-state index contributed by atoms with van der Waals surface area (Å²) in [5, 5.41) is 8.75. The van der Waals surface area contributed by atoms with Gasteiger partial charge in [-0.05, 0) is 24.6 Å². The second-order valence-electron chi connectivity index (χ2n) is 8.00. The van der Waals surface area contributed by atoms with Crippen molar-refractivity contribution in [3.63, 3.8) is 0 Å². The van der Waals surface area contributed by atoms with E-state index in [1.54, 1.807) is 6.92 Å². The van der Waals surface area contributed by atoms with Crippen LogP contribution in [0.25, 0.3) is 0 Å². The summed E-state index contributed by atoms with van der Waals surface area (Å²) in [6.45, 7) is 7.11. The molecule has 0 aliphatic heterocycles. The van der Waals surface area contributed by atoms with Crippen molar-refractivity contribution in [1.29, 1.82) is 0 Å². The summed E-state index contributed by atoms with van der Waals surface area (Å²) in [4.78, 5) is 21.6. The zero-order valence-electron chi connectivity index (χ0n) is 19.9. The van der Waals surface area contributed by atoms with E-state index < -0.39 is 11.7 Å². The van der Waals surface area contributed by atoms with Gasteiger partial charge in [0, 0.05) is 5.25 Å². The van der Waals surface area contributed by atoms with Gasteiger partial charge in [0.15, 0.2) is 0 Å². The molecular formula is C22H45O6PS2. The van der Waals surface area contributed by atoms with Gasteiger partial charge in [-0.2, -0.15) is 9.35 Å². The largest absolute Gasteiger partial charge is 0.481 e. The molecule has 0 aromatic rings. The molecule has 0 radical (unpaired) electrons. The van der Waals surface area contributed by atoms with Crippen molar-refractivity contribution >= 4 is 34.9 Å². The summed E-state index contributed by atoms with van der Waals surface area (Å²) in [5.74, 6) is -0.880. The summed E-state index contributed by atoms with van der Waals surface area (Å²) in [6, 6.07) is 0. The molecule has 9 heteroatoms. The second kappa shape index (κ2) is 22.1. The van der Waals surface area contributed by atoms with Crippen molar-refractivity contribution < 1.29 is 29.0 Å². The molecule has 0 bridgehead atoms. The van der Waals surface area contributed by atoms with Crippen molar-refractivity contribution in [3.05, 3.63) is 0 Å². The van der Waals surface area contributed by atoms with E-state index >= 15 is 0 Å². The fraction of sp³-hybridized carbons (Fsp3) is 0.955. The van der Waals surface area contributed by atoms with Gasteiger partial charge in [-0.25, -0.2) is 9.78 Å². The van der Waals surface area contributed by atoms with Gasteiger partial charge in [0.2, 0.25) is 0 Å². The first-order valence-electron chi connectivity index (χ1n) is 12.1. The van der Waals surface area contributed by atoms with E-state index in [9.17, 15) is 4.79 Å². The minimum atomic E-state index is -2.93. The van der Waals surface area contributed by atoms with Gasteiger partial charge in [-0.3, -0.25) is 4.79 Å². The molecule has 0 rings (SSSR count). The lowest BCUT2D eigenvalue weighted by atomic mass is 10.1. The van der Waals surface area contributed by atoms with E-state index in [0.29, 0.717) is 13.2 Å². The molecule has 0 aliphatic rings. The molecule has 0 aromatic heterocycles. The number of aliphatic carboxylic acids is 1. The van der Waals surface area contributed by atoms with E-state index in [0.717, 1.165) is 25.7 Å². The third kappa shape index (κ3) is 21.9. The van der Waals surface area contributed by atoms with Crippen LogP contribution in [-0.4, -0.2) is 29.5 Å². The number of carbonyl (C=O) groups is 1. The van der Waals surface area contributed by atoms with Crippen LogP contribution in [0.15, 0.2) is 0 Å². The molecule has 1 unspecified atom stereocenters. The molecule has 31 heavy (non-hydrogen) atoms. The first-order chi connectivity index (χ1) is 14.9. The first-order valence-corrected chi connectivity index (χ1v) is 16.2. The third-order valence-corrected chi connectivity index (χ3v) is 9.44. The zero-order valence-corrected chi connectivity index (χ0v) is 22.4. The molecule has 0 amide bonds. The second-order valence-corrected chi connectivity index (χ2v) is 14.4. The van der Waals surface area contributed by atoms with Crippen LogP contribution in [0.4, 0.5) is 0 Å². The fourth-order valence-electron chi connectivity index (χ4n) is 2.99. The molecule has 0 heterocycles. The van der Waals surface area contributed by atoms with Crippen LogP contribution in [0.2, 0.25) is 0 Å². The molecule has 186 valence electrons. The topological polar surface area (TPSA) is 74.2 Å². The van der Waals surface area contributed by atoms with Crippen LogP contribution in [0.1, 0.15) is 117 Å². The Morgan fingerprint density at radius 2 is 1.19 bits per heavy atom. The van der Waals surface area contributed by atoms with Gasteiger partial charge in [-0.15, -0.1) is 0 Å². The van der Waals surface area contributed by atoms with Crippen molar-refractivity contribution in [2.24, 2.45) is 0 Å². The van der Waals surface area contributed by atoms with Crippen LogP contribution in [-0.2, 0) is 35.7 Å². The molecule has 1 N–H and O–H groups in total. The molecular weight excluding hydrogens is 455 g/mol. The maximum Gasteiger partial charge on any atom is 0.307 e. The Bertz CT molecular complexity index is 441. The Hall–Kier alpha value is 0.310. The smallest absolute Gasteiger partial charge is 0.307 e. The Labute approximate surface area is 199 Å². The molecule has 0 aliphatic carbocycles. The number of rotatable bonds is 24. The quantitative estimate of drug-likeness (QED) is 0.0615. The minimum Gasteiger partial charge on any atom is -0.481 e. The van der Waals surface area contributed by atoms with E-state index in [2.05, 4.69) is 13.8 Å². The zero-order chi connectivity index (χ0) is 23.2. The lowest BCUT2D eigenvalue weighted by molar-refractivity contribution is -0.253. The van der Waals surface area contributed by atoms with E-state index in [-0.39, 0.29) is 11.7 Å². The molecule has 0 saturated heterocycles. The molecule has 0 aromatic carbocycles. The Kier molecular flexibility index (Phi) is 22.3. The predicted molar refractivity (Wildman–Crippen MR) is 134 cm³/mol. The summed E-state index contributed by atoms with van der Waals surface area (Å²) in [6.07, 6.45) is 16.5. The lowest BCUT2D eigenvalue weighted by Gasteiger charge is -2.21. The summed E-state index contributed by atoms with van der Waals surface area (Å²) >= 11 is 6.70. The van der Waals surface area contributed by atoms with Crippen LogP contribution in [0.5, 0.6) is 0 Å². The number of hydrogen-bond acceptors (Lipinski definition) is 7. The van der Waals surface area contributed by atoms with Crippen LogP contribution in [0, 0.1) is 0 Å². The standard InChI is InChI=1S/C22H45O6PS2/c1-4-6-8-10-12-14-16-18-25-27-29(30,31-21(3)20-22(23)24)28-26-19-17-15-13-11-9-7-5-2/h21H,4-20H2,1-3H3,(H,23,24). The Morgan fingerprint density at radius 3 is 1.58 bits per heavy atom. The number of hydrogen-bond donors (Lipinski definition) is 1. The van der Waals surface area contributed by atoms with Crippen molar-refractivity contribution in [3.8, 4) is 0 Å². The SMILES string of the molecule is CCCCCCCCCOOP(=S)(OOCCCCCCCCC)SC(C)CC(=O)O. The average Bonchev–Trinajstić information content (AvgIpc) is 2.70. The van der Waals surface area contributed by atoms with Gasteiger partial charge in [0.25, 0.3) is 0 Å². The lowest BCUT2D eigenvalue weighted by Crippen LogP contribution is -2.07. The van der Waals surface area contributed by atoms with Gasteiger partial charge in [-0.1, -0.05) is 109 Å². The van der Waals surface area contributed by atoms with Crippen LogP contribution >= 0.6 is 17.1 Å². The Balaban J connectivity index is 4.14. The molecule has 1 atom stereocenters. The van der Waals surface area contributed by atoms with Gasteiger partial charge in [0.05, 0.1) is 19.6 Å². The molecule has 0 fully saturated rings. The first kappa shape index (κ1) is 31.3. The van der Waals surface area contributed by atoms with Crippen molar-refractivity contribution in [2.75, 3.05) is 13.2 Å². The molecule has 6 nitrogen and oxygen atoms in total. The highest BCUT2D eigenvalue weighted by molar-refractivity contribution is 8.68. The van der Waals surface area contributed by atoms with E-state index in [1.807, 2.05) is 0 Å². The fourth-order valence-corrected chi connectivity index (χ4v) is 7.75. The number of carboxylic acids is 1. The summed E-state index contributed by atoms with van der Waals surface area (Å²) in [7, 11) is 0. The molecule has 0 spiro atoms. The van der Waals surface area contributed by atoms with E-state index in [1.165, 1.54) is 75.6 Å². The van der Waals surface area contributed by atoms with Crippen LogP contribution in [0.3, 0.4) is 0 Å². The number of unbranched alkanes of at least 4 members (excludes halogenated alkanes) is 12. The highest BCUT2D eigenvalue weighted by Crippen LogP contribution is 2.63. The van der Waals surface area contributed by atoms with Crippen LogP contribution < -0.4 is 0 Å². The van der Waals surface area contributed by atoms with Crippen molar-refractivity contribution in [1.82, 2.24) is 0 Å². The van der Waals surface area contributed by atoms with Crippen molar-refractivity contribution in [2.45, 2.75) is 122 Å². The maximum absolute atomic E-state index is 11.0. The average molecular weight is 501 g/mol. The van der Waals surface area contributed by atoms with Gasteiger partial charge < -0.3 is 5.11 Å². The summed E-state index contributed by atoms with van der Waals surface area (Å²) < 4.78 is 10.9. The Morgan fingerprint density at radius 1 is 0.806 bits per heavy atom. The maximum atomic E-state index is 11.0. The molecule has 0 saturated carbocycles. The highest BCUT2D eigenvalue weighted by Gasteiger charge is 2.28.